The second-order valence-corrected chi connectivity index (χ2v) is 8.18. The Morgan fingerprint density at radius 1 is 1.17 bits per heavy atom. The summed E-state index contributed by atoms with van der Waals surface area (Å²) in [7, 11) is 1.21. The van der Waals surface area contributed by atoms with Crippen LogP contribution in [0.15, 0.2) is 47.4 Å². The van der Waals surface area contributed by atoms with E-state index in [4.69, 9.17) is 27.9 Å². The molecule has 9 heteroatoms. The van der Waals surface area contributed by atoms with Crippen LogP contribution in [0.25, 0.3) is 6.08 Å². The van der Waals surface area contributed by atoms with E-state index in [0.29, 0.717) is 21.4 Å². The molecule has 6 nitrogen and oxygen atoms in total. The summed E-state index contributed by atoms with van der Waals surface area (Å²) in [5.41, 5.74) is 1.52. The van der Waals surface area contributed by atoms with Crippen molar-refractivity contribution in [1.82, 2.24) is 4.90 Å². The lowest BCUT2D eigenvalue weighted by Gasteiger charge is -2.18. The number of methoxy groups -OCH3 is 1. The fraction of sp³-hybridized carbons (Fsp3) is 0.190. The van der Waals surface area contributed by atoms with Gasteiger partial charge in [-0.1, -0.05) is 41.4 Å². The van der Waals surface area contributed by atoms with E-state index in [1.54, 1.807) is 48.5 Å². The van der Waals surface area contributed by atoms with Gasteiger partial charge in [0.25, 0.3) is 11.1 Å². The molecule has 1 aliphatic rings. The van der Waals surface area contributed by atoms with Crippen molar-refractivity contribution in [2.75, 3.05) is 7.11 Å². The average molecular weight is 466 g/mol. The molecule has 0 saturated carbocycles. The number of nitrogens with zero attached hydrogens (tertiary/aromatic N) is 1. The molecule has 30 heavy (non-hydrogen) atoms. The standard InChI is InChI=1S/C21H17Cl2NO5S/c1-12(20(26)28-2)24-19(25)18(30-21(24)27)9-13-3-7-16(8-4-13)29-11-14-5-6-15(22)10-17(14)23/h3-10,12H,11H2,1-2H3/b18-9+/t12-/m1/s1. The molecule has 1 fully saturated rings. The summed E-state index contributed by atoms with van der Waals surface area (Å²) >= 11 is 12.8. The number of carbonyl (C=O) groups excluding carboxylic acids is 3. The Hall–Kier alpha value is -2.48. The lowest BCUT2D eigenvalue weighted by Crippen LogP contribution is -2.42. The lowest BCUT2D eigenvalue weighted by molar-refractivity contribution is -0.148. The van der Waals surface area contributed by atoms with Crippen LogP contribution >= 0.6 is 35.0 Å². The first-order valence-electron chi connectivity index (χ1n) is 8.82. The second kappa shape index (κ2) is 9.55. The summed E-state index contributed by atoms with van der Waals surface area (Å²) in [4.78, 5) is 37.5. The van der Waals surface area contributed by atoms with Crippen molar-refractivity contribution >= 4 is 58.2 Å². The first-order valence-corrected chi connectivity index (χ1v) is 10.4. The second-order valence-electron chi connectivity index (χ2n) is 6.34. The number of esters is 1. The van der Waals surface area contributed by atoms with Crippen molar-refractivity contribution in [3.63, 3.8) is 0 Å². The van der Waals surface area contributed by atoms with Gasteiger partial charge in [0.15, 0.2) is 0 Å². The summed E-state index contributed by atoms with van der Waals surface area (Å²) in [5, 5.41) is 0.568. The molecule has 0 aromatic heterocycles. The van der Waals surface area contributed by atoms with Gasteiger partial charge in [-0.05, 0) is 54.6 Å². The molecule has 1 atom stereocenters. The fourth-order valence-corrected chi connectivity index (χ4v) is 4.07. The van der Waals surface area contributed by atoms with Crippen LogP contribution in [0, 0.1) is 0 Å². The molecular weight excluding hydrogens is 449 g/mol. The predicted octanol–water partition coefficient (Wildman–Crippen LogP) is 5.17. The van der Waals surface area contributed by atoms with Crippen LogP contribution in [0.1, 0.15) is 18.1 Å². The Kier molecular flexibility index (Phi) is 7.07. The molecular formula is C21H17Cl2NO5S. The molecule has 1 heterocycles. The van der Waals surface area contributed by atoms with Gasteiger partial charge in [0.2, 0.25) is 0 Å². The molecule has 156 valence electrons. The molecule has 0 bridgehead atoms. The van der Waals surface area contributed by atoms with Gasteiger partial charge in [-0.3, -0.25) is 14.5 Å². The Bertz CT molecular complexity index is 1020. The number of thioether (sulfide) groups is 1. The molecule has 2 aromatic carbocycles. The van der Waals surface area contributed by atoms with Crippen LogP contribution in [-0.4, -0.2) is 35.2 Å². The highest BCUT2D eigenvalue weighted by molar-refractivity contribution is 8.18. The van der Waals surface area contributed by atoms with E-state index < -0.39 is 23.2 Å². The maximum Gasteiger partial charge on any atom is 0.328 e. The van der Waals surface area contributed by atoms with Gasteiger partial charge < -0.3 is 9.47 Å². The molecule has 2 aromatic rings. The highest BCUT2D eigenvalue weighted by atomic mass is 35.5. The highest BCUT2D eigenvalue weighted by Crippen LogP contribution is 2.34. The number of ether oxygens (including phenoxy) is 2. The third-order valence-electron chi connectivity index (χ3n) is 4.34. The number of hydrogen-bond donors (Lipinski definition) is 0. The van der Waals surface area contributed by atoms with Crippen molar-refractivity contribution in [3.05, 3.63) is 68.5 Å². The quantitative estimate of drug-likeness (QED) is 0.432. The van der Waals surface area contributed by atoms with E-state index in [-0.39, 0.29) is 11.5 Å². The Morgan fingerprint density at radius 2 is 1.87 bits per heavy atom. The number of imide groups is 1. The van der Waals surface area contributed by atoms with Crippen LogP contribution in [-0.2, 0) is 20.9 Å². The molecule has 1 aliphatic heterocycles. The highest BCUT2D eigenvalue weighted by Gasteiger charge is 2.41. The van der Waals surface area contributed by atoms with Crippen LogP contribution < -0.4 is 4.74 Å². The third-order valence-corrected chi connectivity index (χ3v) is 5.81. The van der Waals surface area contributed by atoms with Crippen LogP contribution in [0.5, 0.6) is 5.75 Å². The molecule has 1 saturated heterocycles. The zero-order chi connectivity index (χ0) is 21.8. The maximum atomic E-state index is 12.5. The lowest BCUT2D eigenvalue weighted by atomic mass is 10.2. The number of rotatable bonds is 6. The van der Waals surface area contributed by atoms with E-state index in [2.05, 4.69) is 4.74 Å². The van der Waals surface area contributed by atoms with Gasteiger partial charge in [-0.25, -0.2) is 4.79 Å². The van der Waals surface area contributed by atoms with Crippen LogP contribution in [0.3, 0.4) is 0 Å². The molecule has 3 rings (SSSR count). The van der Waals surface area contributed by atoms with Gasteiger partial charge in [0, 0.05) is 15.6 Å². The largest absolute Gasteiger partial charge is 0.489 e. The zero-order valence-corrected chi connectivity index (χ0v) is 18.4. The summed E-state index contributed by atoms with van der Waals surface area (Å²) in [5.74, 6) is -0.563. The molecule has 0 unspecified atom stereocenters. The number of hydrogen-bond acceptors (Lipinski definition) is 6. The van der Waals surface area contributed by atoms with Gasteiger partial charge >= 0.3 is 5.97 Å². The number of amides is 2. The monoisotopic (exact) mass is 465 g/mol. The van der Waals surface area contributed by atoms with Crippen molar-refractivity contribution in [1.29, 1.82) is 0 Å². The molecule has 0 spiro atoms. The van der Waals surface area contributed by atoms with E-state index in [1.165, 1.54) is 14.0 Å². The molecule has 0 aliphatic carbocycles. The molecule has 2 amide bonds. The van der Waals surface area contributed by atoms with Crippen molar-refractivity contribution in [2.45, 2.75) is 19.6 Å². The summed E-state index contributed by atoms with van der Waals surface area (Å²) in [6.45, 7) is 1.73. The topological polar surface area (TPSA) is 72.9 Å². The molecule has 0 radical (unpaired) electrons. The molecule has 0 N–H and O–H groups in total. The average Bonchev–Trinajstić information content (AvgIpc) is 3.00. The van der Waals surface area contributed by atoms with E-state index in [0.717, 1.165) is 22.2 Å². The normalized spacial score (nSPS) is 16.1. The van der Waals surface area contributed by atoms with Crippen molar-refractivity contribution < 1.29 is 23.9 Å². The van der Waals surface area contributed by atoms with Gasteiger partial charge in [-0.2, -0.15) is 0 Å². The summed E-state index contributed by atoms with van der Waals surface area (Å²) in [6, 6.07) is 11.2. The minimum atomic E-state index is -0.983. The Balaban J connectivity index is 1.67. The van der Waals surface area contributed by atoms with E-state index in [1.807, 2.05) is 0 Å². The smallest absolute Gasteiger partial charge is 0.328 e. The van der Waals surface area contributed by atoms with Crippen LogP contribution in [0.2, 0.25) is 10.0 Å². The first-order chi connectivity index (χ1) is 14.3. The van der Waals surface area contributed by atoms with E-state index in [9.17, 15) is 14.4 Å². The summed E-state index contributed by atoms with van der Waals surface area (Å²) in [6.07, 6.45) is 1.59. The minimum Gasteiger partial charge on any atom is -0.489 e. The number of benzene rings is 2. The van der Waals surface area contributed by atoms with Gasteiger partial charge in [0.1, 0.15) is 18.4 Å². The third kappa shape index (κ3) is 4.98. The minimum absolute atomic E-state index is 0.234. The first kappa shape index (κ1) is 22.2. The Morgan fingerprint density at radius 3 is 2.50 bits per heavy atom. The SMILES string of the molecule is COC(=O)[C@@H](C)N1C(=O)S/C(=C/c2ccc(OCc3ccc(Cl)cc3Cl)cc2)C1=O. The number of halogens is 2. The predicted molar refractivity (Wildman–Crippen MR) is 117 cm³/mol. The fourth-order valence-electron chi connectivity index (χ4n) is 2.70. The Labute approximate surface area is 187 Å². The number of carbonyl (C=O) groups is 3. The zero-order valence-electron chi connectivity index (χ0n) is 16.1. The van der Waals surface area contributed by atoms with Gasteiger partial charge in [-0.15, -0.1) is 0 Å². The van der Waals surface area contributed by atoms with E-state index >= 15 is 0 Å². The van der Waals surface area contributed by atoms with Gasteiger partial charge in [0.05, 0.1) is 12.0 Å². The summed E-state index contributed by atoms with van der Waals surface area (Å²) < 4.78 is 10.3. The maximum absolute atomic E-state index is 12.5. The van der Waals surface area contributed by atoms with Crippen molar-refractivity contribution in [2.24, 2.45) is 0 Å². The van der Waals surface area contributed by atoms with Crippen molar-refractivity contribution in [3.8, 4) is 5.75 Å². The van der Waals surface area contributed by atoms with Crippen LogP contribution in [0.4, 0.5) is 4.79 Å².